The molecule has 0 spiro atoms. The number of aryl methyl sites for hydroxylation is 2. The van der Waals surface area contributed by atoms with E-state index >= 15 is 0 Å². The fourth-order valence-electron chi connectivity index (χ4n) is 5.01. The molecule has 0 radical (unpaired) electrons. The molecular formula is C31H22O. The zero-order valence-electron chi connectivity index (χ0n) is 18.1. The van der Waals surface area contributed by atoms with Gasteiger partial charge in [0.2, 0.25) is 0 Å². The molecule has 32 heavy (non-hydrogen) atoms. The lowest BCUT2D eigenvalue weighted by atomic mass is 9.83. The van der Waals surface area contributed by atoms with Crippen molar-refractivity contribution in [2.24, 2.45) is 0 Å². The summed E-state index contributed by atoms with van der Waals surface area (Å²) in [6.45, 7) is 4.19. The van der Waals surface area contributed by atoms with E-state index in [0.717, 1.165) is 49.9 Å². The minimum absolute atomic E-state index is 0.116. The first kappa shape index (κ1) is 18.8. The molecule has 5 aromatic rings. The Morgan fingerprint density at radius 3 is 1.41 bits per heavy atom. The molecule has 6 rings (SSSR count). The first-order valence-electron chi connectivity index (χ1n) is 11.0. The molecule has 1 heteroatoms. The first-order chi connectivity index (χ1) is 15.6. The van der Waals surface area contributed by atoms with Gasteiger partial charge in [-0.2, -0.15) is 0 Å². The van der Waals surface area contributed by atoms with Gasteiger partial charge in [0, 0.05) is 22.3 Å². The van der Waals surface area contributed by atoms with Crippen LogP contribution in [0.1, 0.15) is 27.0 Å². The summed E-state index contributed by atoms with van der Waals surface area (Å²) in [5.74, 6) is 0.116. The van der Waals surface area contributed by atoms with Crippen LogP contribution in [0.4, 0.5) is 0 Å². The van der Waals surface area contributed by atoms with Crippen molar-refractivity contribution in [2.75, 3.05) is 0 Å². The van der Waals surface area contributed by atoms with Crippen LogP contribution in [0.3, 0.4) is 0 Å². The summed E-state index contributed by atoms with van der Waals surface area (Å²) >= 11 is 0. The maximum atomic E-state index is 13.8. The summed E-state index contributed by atoms with van der Waals surface area (Å²) in [5, 5.41) is 2.29. The number of hydrogen-bond donors (Lipinski definition) is 0. The Hall–Kier alpha value is -3.97. The highest BCUT2D eigenvalue weighted by molar-refractivity contribution is 6.31. The van der Waals surface area contributed by atoms with Gasteiger partial charge in [-0.15, -0.1) is 0 Å². The van der Waals surface area contributed by atoms with Crippen molar-refractivity contribution >= 4 is 16.6 Å². The monoisotopic (exact) mass is 410 g/mol. The standard InChI is InChI=1S/C31H22O/c1-19-11-15-21(16-12-19)27-23-7-3-4-8-24(23)28(22-17-13-20(2)14-18-22)30-29(27)25-9-5-6-10-26(25)31(30)32/h3-18H,1-2H3. The highest BCUT2D eigenvalue weighted by Crippen LogP contribution is 2.51. The summed E-state index contributed by atoms with van der Waals surface area (Å²) in [4.78, 5) is 13.8. The van der Waals surface area contributed by atoms with Crippen LogP contribution in [0.2, 0.25) is 0 Å². The quantitative estimate of drug-likeness (QED) is 0.283. The van der Waals surface area contributed by atoms with Crippen LogP contribution in [0.15, 0.2) is 97.1 Å². The number of carbonyl (C=O) groups excluding carboxylic acids is 1. The van der Waals surface area contributed by atoms with Crippen molar-refractivity contribution in [3.05, 3.63) is 119 Å². The molecule has 152 valence electrons. The van der Waals surface area contributed by atoms with Crippen LogP contribution in [-0.2, 0) is 0 Å². The van der Waals surface area contributed by atoms with Crippen LogP contribution in [0, 0.1) is 13.8 Å². The largest absolute Gasteiger partial charge is 0.289 e. The van der Waals surface area contributed by atoms with Crippen molar-refractivity contribution in [1.82, 2.24) is 0 Å². The molecule has 0 saturated carbocycles. The van der Waals surface area contributed by atoms with Crippen molar-refractivity contribution in [3.63, 3.8) is 0 Å². The van der Waals surface area contributed by atoms with Crippen LogP contribution in [0.25, 0.3) is 44.2 Å². The lowest BCUT2D eigenvalue weighted by Gasteiger charge is -2.19. The van der Waals surface area contributed by atoms with Crippen LogP contribution >= 0.6 is 0 Å². The number of fused-ring (bicyclic) bond motifs is 4. The highest BCUT2D eigenvalue weighted by atomic mass is 16.1. The van der Waals surface area contributed by atoms with Crippen molar-refractivity contribution in [1.29, 1.82) is 0 Å². The maximum Gasteiger partial charge on any atom is 0.194 e. The maximum absolute atomic E-state index is 13.8. The van der Waals surface area contributed by atoms with E-state index in [0.29, 0.717) is 0 Å². The second-order valence-electron chi connectivity index (χ2n) is 8.65. The van der Waals surface area contributed by atoms with E-state index in [-0.39, 0.29) is 5.78 Å². The van der Waals surface area contributed by atoms with Gasteiger partial charge in [-0.3, -0.25) is 4.79 Å². The molecule has 1 aliphatic rings. The third-order valence-electron chi connectivity index (χ3n) is 6.56. The predicted molar refractivity (Wildman–Crippen MR) is 133 cm³/mol. The van der Waals surface area contributed by atoms with E-state index in [1.54, 1.807) is 0 Å². The Labute approximate surface area is 188 Å². The molecule has 5 aromatic carbocycles. The van der Waals surface area contributed by atoms with E-state index in [4.69, 9.17) is 0 Å². The zero-order valence-corrected chi connectivity index (χ0v) is 18.1. The van der Waals surface area contributed by atoms with Gasteiger partial charge in [-0.05, 0) is 46.9 Å². The van der Waals surface area contributed by atoms with E-state index in [9.17, 15) is 4.79 Å². The summed E-state index contributed by atoms with van der Waals surface area (Å²) in [6, 6.07) is 33.7. The average molecular weight is 411 g/mol. The summed E-state index contributed by atoms with van der Waals surface area (Å²) in [6.07, 6.45) is 0. The van der Waals surface area contributed by atoms with E-state index < -0.39 is 0 Å². The number of carbonyl (C=O) groups is 1. The number of ketones is 1. The van der Waals surface area contributed by atoms with Gasteiger partial charge in [0.15, 0.2) is 5.78 Å². The van der Waals surface area contributed by atoms with Crippen molar-refractivity contribution in [3.8, 4) is 33.4 Å². The summed E-state index contributed by atoms with van der Waals surface area (Å²) in [7, 11) is 0. The van der Waals surface area contributed by atoms with Crippen molar-refractivity contribution < 1.29 is 4.79 Å². The molecule has 0 heterocycles. The molecule has 0 fully saturated rings. The third kappa shape index (κ3) is 2.68. The second kappa shape index (κ2) is 7.03. The van der Waals surface area contributed by atoms with Gasteiger partial charge in [0.1, 0.15) is 0 Å². The SMILES string of the molecule is Cc1ccc(-c2c3c(c(-c4ccc(C)cc4)c4ccccc24)-c2ccccc2C3=O)cc1. The van der Waals surface area contributed by atoms with Gasteiger partial charge >= 0.3 is 0 Å². The molecule has 0 unspecified atom stereocenters. The fourth-order valence-corrected chi connectivity index (χ4v) is 5.01. The average Bonchev–Trinajstić information content (AvgIpc) is 3.11. The Morgan fingerprint density at radius 1 is 0.438 bits per heavy atom. The van der Waals surface area contributed by atoms with E-state index in [1.165, 1.54) is 16.5 Å². The Morgan fingerprint density at radius 2 is 0.875 bits per heavy atom. The van der Waals surface area contributed by atoms with Gasteiger partial charge in [-0.1, -0.05) is 108 Å². The summed E-state index contributed by atoms with van der Waals surface area (Å²) < 4.78 is 0. The predicted octanol–water partition coefficient (Wildman–Crippen LogP) is 8.00. The topological polar surface area (TPSA) is 17.1 Å². The molecule has 0 atom stereocenters. The first-order valence-corrected chi connectivity index (χ1v) is 11.0. The third-order valence-corrected chi connectivity index (χ3v) is 6.56. The highest BCUT2D eigenvalue weighted by Gasteiger charge is 2.34. The molecule has 0 bridgehead atoms. The van der Waals surface area contributed by atoms with Gasteiger partial charge in [0.05, 0.1) is 0 Å². The zero-order chi connectivity index (χ0) is 21.8. The second-order valence-corrected chi connectivity index (χ2v) is 8.65. The van der Waals surface area contributed by atoms with E-state index in [1.807, 2.05) is 18.2 Å². The van der Waals surface area contributed by atoms with Gasteiger partial charge < -0.3 is 0 Å². The van der Waals surface area contributed by atoms with Crippen molar-refractivity contribution in [2.45, 2.75) is 13.8 Å². The van der Waals surface area contributed by atoms with Crippen LogP contribution < -0.4 is 0 Å². The van der Waals surface area contributed by atoms with Crippen LogP contribution in [0.5, 0.6) is 0 Å². The molecule has 1 nitrogen and oxygen atoms in total. The smallest absolute Gasteiger partial charge is 0.194 e. The molecular weight excluding hydrogens is 388 g/mol. The Kier molecular flexibility index (Phi) is 4.13. The number of rotatable bonds is 2. The fraction of sp³-hybridized carbons (Fsp3) is 0.0645. The lowest BCUT2D eigenvalue weighted by Crippen LogP contribution is -2.01. The molecule has 0 amide bonds. The van der Waals surface area contributed by atoms with Gasteiger partial charge in [-0.25, -0.2) is 0 Å². The van der Waals surface area contributed by atoms with E-state index in [2.05, 4.69) is 92.7 Å². The minimum Gasteiger partial charge on any atom is -0.289 e. The summed E-state index contributed by atoms with van der Waals surface area (Å²) in [5.41, 5.74) is 10.5. The normalized spacial score (nSPS) is 12.1. The molecule has 0 aliphatic heterocycles. The minimum atomic E-state index is 0.116. The molecule has 0 aromatic heterocycles. The van der Waals surface area contributed by atoms with Crippen LogP contribution in [-0.4, -0.2) is 5.78 Å². The molecule has 0 N–H and O–H groups in total. The lowest BCUT2D eigenvalue weighted by molar-refractivity contribution is 0.104. The Bertz CT molecular complexity index is 1520. The number of benzene rings is 5. The number of hydrogen-bond acceptors (Lipinski definition) is 1. The molecule has 0 saturated heterocycles. The van der Waals surface area contributed by atoms with Gasteiger partial charge in [0.25, 0.3) is 0 Å². The molecule has 1 aliphatic carbocycles. The Balaban J connectivity index is 1.83.